The number of carbonyl (C=O) groups is 1. The minimum absolute atomic E-state index is 0.00900. The molecule has 1 aromatic rings. The molecule has 1 saturated heterocycles. The number of carbonyl (C=O) groups excluding carboxylic acids is 1. The molecule has 0 bridgehead atoms. The third-order valence-corrected chi connectivity index (χ3v) is 3.38. The third-order valence-electron chi connectivity index (χ3n) is 3.38. The second-order valence-electron chi connectivity index (χ2n) is 4.94. The van der Waals surface area contributed by atoms with Gasteiger partial charge in [-0.25, -0.2) is 0 Å². The summed E-state index contributed by atoms with van der Waals surface area (Å²) >= 11 is 0. The smallest absolute Gasteiger partial charge is 0.243 e. The molecule has 102 valence electrons. The highest BCUT2D eigenvalue weighted by Crippen LogP contribution is 2.06. The van der Waals surface area contributed by atoms with Crippen molar-refractivity contribution in [3.05, 3.63) is 42.0 Å². The lowest BCUT2D eigenvalue weighted by molar-refractivity contribution is -0.116. The van der Waals surface area contributed by atoms with Gasteiger partial charge in [-0.15, -0.1) is 0 Å². The van der Waals surface area contributed by atoms with Crippen molar-refractivity contribution >= 4 is 12.0 Å². The van der Waals surface area contributed by atoms with Crippen LogP contribution in [0.1, 0.15) is 24.8 Å². The molecule has 2 rings (SSSR count). The number of nitrogens with one attached hydrogen (secondary N) is 1. The fourth-order valence-corrected chi connectivity index (χ4v) is 2.32. The van der Waals surface area contributed by atoms with Gasteiger partial charge < -0.3 is 10.2 Å². The Morgan fingerprint density at radius 2 is 1.95 bits per heavy atom. The van der Waals surface area contributed by atoms with Crippen LogP contribution in [0.2, 0.25) is 0 Å². The summed E-state index contributed by atoms with van der Waals surface area (Å²) in [5.74, 6) is -0.00900. The molecule has 0 aliphatic carbocycles. The van der Waals surface area contributed by atoms with E-state index in [1.807, 2.05) is 36.4 Å². The van der Waals surface area contributed by atoms with Crippen LogP contribution in [0, 0.1) is 0 Å². The standard InChI is InChI=1S/C16H22N2O/c19-16(10-9-15-7-2-1-3-8-15)17-11-6-14-18-12-4-5-13-18/h1-3,7-10H,4-6,11-14H2,(H,17,19)/b10-9+. The maximum atomic E-state index is 11.6. The van der Waals surface area contributed by atoms with E-state index in [1.165, 1.54) is 25.9 Å². The number of hydrogen-bond acceptors (Lipinski definition) is 2. The number of benzene rings is 1. The highest BCUT2D eigenvalue weighted by Gasteiger charge is 2.10. The zero-order chi connectivity index (χ0) is 13.3. The summed E-state index contributed by atoms with van der Waals surface area (Å²) < 4.78 is 0. The van der Waals surface area contributed by atoms with Crippen LogP contribution in [0.5, 0.6) is 0 Å². The second-order valence-corrected chi connectivity index (χ2v) is 4.94. The van der Waals surface area contributed by atoms with Crippen molar-refractivity contribution < 1.29 is 4.79 Å². The van der Waals surface area contributed by atoms with Crippen LogP contribution in [0.25, 0.3) is 6.08 Å². The van der Waals surface area contributed by atoms with Crippen molar-refractivity contribution in [2.75, 3.05) is 26.2 Å². The Hall–Kier alpha value is -1.61. The van der Waals surface area contributed by atoms with E-state index in [-0.39, 0.29) is 5.91 Å². The van der Waals surface area contributed by atoms with Crippen LogP contribution in [-0.4, -0.2) is 37.0 Å². The first kappa shape index (κ1) is 13.8. The molecule has 0 aromatic heterocycles. The lowest BCUT2D eigenvalue weighted by Gasteiger charge is -2.13. The van der Waals surface area contributed by atoms with Gasteiger partial charge in [0.2, 0.25) is 5.91 Å². The molecule has 1 aromatic carbocycles. The summed E-state index contributed by atoms with van der Waals surface area (Å²) in [5.41, 5.74) is 1.05. The summed E-state index contributed by atoms with van der Waals surface area (Å²) in [4.78, 5) is 14.1. The monoisotopic (exact) mass is 258 g/mol. The van der Waals surface area contributed by atoms with E-state index in [4.69, 9.17) is 0 Å². The van der Waals surface area contributed by atoms with Crippen LogP contribution in [0.4, 0.5) is 0 Å². The molecule has 1 aliphatic heterocycles. The van der Waals surface area contributed by atoms with Gasteiger partial charge in [-0.2, -0.15) is 0 Å². The van der Waals surface area contributed by atoms with E-state index in [0.29, 0.717) is 0 Å². The predicted octanol–water partition coefficient (Wildman–Crippen LogP) is 2.30. The Kier molecular flexibility index (Phi) is 5.63. The average Bonchev–Trinajstić information content (AvgIpc) is 2.96. The molecule has 3 nitrogen and oxygen atoms in total. The largest absolute Gasteiger partial charge is 0.353 e. The number of amides is 1. The summed E-state index contributed by atoms with van der Waals surface area (Å²) in [6.45, 7) is 4.31. The van der Waals surface area contributed by atoms with Crippen molar-refractivity contribution in [3.8, 4) is 0 Å². The van der Waals surface area contributed by atoms with Gasteiger partial charge in [0.1, 0.15) is 0 Å². The molecule has 3 heteroatoms. The second kappa shape index (κ2) is 7.74. The first-order valence-electron chi connectivity index (χ1n) is 7.08. The summed E-state index contributed by atoms with van der Waals surface area (Å²) in [7, 11) is 0. The molecule has 1 fully saturated rings. The maximum absolute atomic E-state index is 11.6. The van der Waals surface area contributed by atoms with E-state index in [2.05, 4.69) is 10.2 Å². The van der Waals surface area contributed by atoms with Crippen molar-refractivity contribution in [2.45, 2.75) is 19.3 Å². The van der Waals surface area contributed by atoms with Gasteiger partial charge in [-0.3, -0.25) is 4.79 Å². The molecular weight excluding hydrogens is 236 g/mol. The van der Waals surface area contributed by atoms with Gasteiger partial charge in [-0.1, -0.05) is 30.3 Å². The Balaban J connectivity index is 1.60. The lowest BCUT2D eigenvalue weighted by Crippen LogP contribution is -2.27. The topological polar surface area (TPSA) is 32.3 Å². The number of hydrogen-bond donors (Lipinski definition) is 1. The highest BCUT2D eigenvalue weighted by molar-refractivity contribution is 5.91. The van der Waals surface area contributed by atoms with Crippen molar-refractivity contribution in [2.24, 2.45) is 0 Å². The molecule has 1 aliphatic rings. The summed E-state index contributed by atoms with van der Waals surface area (Å²) in [5, 5.41) is 2.92. The van der Waals surface area contributed by atoms with Gasteiger partial charge >= 0.3 is 0 Å². The SMILES string of the molecule is O=C(/C=C/c1ccccc1)NCCCN1CCCC1. The normalized spacial score (nSPS) is 16.0. The van der Waals surface area contributed by atoms with Crippen molar-refractivity contribution in [1.82, 2.24) is 10.2 Å². The molecule has 1 N–H and O–H groups in total. The highest BCUT2D eigenvalue weighted by atomic mass is 16.1. The van der Waals surface area contributed by atoms with Gasteiger partial charge in [0, 0.05) is 12.6 Å². The van der Waals surface area contributed by atoms with E-state index in [0.717, 1.165) is 25.1 Å². The minimum atomic E-state index is -0.00900. The van der Waals surface area contributed by atoms with Gasteiger partial charge in [-0.05, 0) is 50.5 Å². The molecule has 0 spiro atoms. The Morgan fingerprint density at radius 3 is 2.68 bits per heavy atom. The van der Waals surface area contributed by atoms with Gasteiger partial charge in [0.15, 0.2) is 0 Å². The van der Waals surface area contributed by atoms with Crippen LogP contribution < -0.4 is 5.32 Å². The van der Waals surface area contributed by atoms with Gasteiger partial charge in [0.25, 0.3) is 0 Å². The van der Waals surface area contributed by atoms with Crippen LogP contribution in [-0.2, 0) is 4.79 Å². The molecule has 1 heterocycles. The third kappa shape index (κ3) is 5.26. The zero-order valence-corrected chi connectivity index (χ0v) is 11.3. The average molecular weight is 258 g/mol. The van der Waals surface area contributed by atoms with E-state index in [1.54, 1.807) is 6.08 Å². The lowest BCUT2D eigenvalue weighted by atomic mass is 10.2. The predicted molar refractivity (Wildman–Crippen MR) is 78.8 cm³/mol. The maximum Gasteiger partial charge on any atom is 0.243 e. The quantitative estimate of drug-likeness (QED) is 0.627. The number of likely N-dealkylation sites (tertiary alicyclic amines) is 1. The minimum Gasteiger partial charge on any atom is -0.353 e. The molecule has 0 unspecified atom stereocenters. The molecule has 0 radical (unpaired) electrons. The summed E-state index contributed by atoms with van der Waals surface area (Å²) in [6.07, 6.45) is 7.13. The molecule has 0 saturated carbocycles. The van der Waals surface area contributed by atoms with Crippen molar-refractivity contribution in [1.29, 1.82) is 0 Å². The Labute approximate surface area is 115 Å². The van der Waals surface area contributed by atoms with Crippen LogP contribution in [0.3, 0.4) is 0 Å². The fourth-order valence-electron chi connectivity index (χ4n) is 2.32. The first-order valence-corrected chi connectivity index (χ1v) is 7.08. The van der Waals surface area contributed by atoms with Crippen LogP contribution >= 0.6 is 0 Å². The number of rotatable bonds is 6. The molecule has 0 atom stereocenters. The molecular formula is C16H22N2O. The summed E-state index contributed by atoms with van der Waals surface area (Å²) in [6, 6.07) is 9.87. The van der Waals surface area contributed by atoms with E-state index in [9.17, 15) is 4.79 Å². The molecule has 19 heavy (non-hydrogen) atoms. The molecule has 1 amide bonds. The fraction of sp³-hybridized carbons (Fsp3) is 0.438. The zero-order valence-electron chi connectivity index (χ0n) is 11.3. The number of nitrogens with zero attached hydrogens (tertiary/aromatic N) is 1. The van der Waals surface area contributed by atoms with Crippen LogP contribution in [0.15, 0.2) is 36.4 Å². The Morgan fingerprint density at radius 1 is 1.21 bits per heavy atom. The van der Waals surface area contributed by atoms with E-state index < -0.39 is 0 Å². The first-order chi connectivity index (χ1) is 9.34. The van der Waals surface area contributed by atoms with Crippen molar-refractivity contribution in [3.63, 3.8) is 0 Å². The Bertz CT molecular complexity index is 408. The van der Waals surface area contributed by atoms with E-state index >= 15 is 0 Å². The van der Waals surface area contributed by atoms with Gasteiger partial charge in [0.05, 0.1) is 0 Å².